The summed E-state index contributed by atoms with van der Waals surface area (Å²) in [4.78, 5) is 39.9. The van der Waals surface area contributed by atoms with Crippen LogP contribution in [0.4, 0.5) is 17.1 Å². The van der Waals surface area contributed by atoms with Crippen molar-refractivity contribution in [3.8, 4) is 5.75 Å². The largest absolute Gasteiger partial charge is 0.487 e. The highest BCUT2D eigenvalue weighted by atomic mass is 35.5. The molecule has 0 spiro atoms. The Kier molecular flexibility index (Phi) is 7.75. The average Bonchev–Trinajstić information content (AvgIpc) is 2.79. The molecule has 1 aliphatic heterocycles. The van der Waals surface area contributed by atoms with Crippen molar-refractivity contribution in [2.24, 2.45) is 5.92 Å². The molecule has 176 valence electrons. The van der Waals surface area contributed by atoms with Gasteiger partial charge in [-0.25, -0.2) is 0 Å². The number of amides is 2. The molecule has 0 atom stereocenters. The summed E-state index contributed by atoms with van der Waals surface area (Å²) in [5, 5.41) is 14.7. The molecule has 0 aliphatic carbocycles. The number of ether oxygens (including phenoxy) is 1. The molecule has 0 bridgehead atoms. The SMILES string of the molecule is CCOc1ccc(C(=O)Nc2cc(Cl)ccc2N2CCN(C(=O)C(C)C)CC2)cc1[N+](=O)[O-]. The van der Waals surface area contributed by atoms with Gasteiger partial charge in [0.2, 0.25) is 5.91 Å². The van der Waals surface area contributed by atoms with E-state index in [4.69, 9.17) is 16.3 Å². The molecule has 9 nitrogen and oxygen atoms in total. The van der Waals surface area contributed by atoms with Crippen molar-refractivity contribution in [2.75, 3.05) is 43.0 Å². The van der Waals surface area contributed by atoms with E-state index in [9.17, 15) is 19.7 Å². The molecule has 3 rings (SSSR count). The number of nitrogens with one attached hydrogen (secondary N) is 1. The number of nitrogens with zero attached hydrogens (tertiary/aromatic N) is 3. The van der Waals surface area contributed by atoms with Crippen LogP contribution in [-0.4, -0.2) is 54.4 Å². The first kappa shape index (κ1) is 24.3. The minimum atomic E-state index is -0.579. The molecule has 33 heavy (non-hydrogen) atoms. The average molecular weight is 475 g/mol. The molecule has 1 aliphatic rings. The Bertz CT molecular complexity index is 1050. The number of carbonyl (C=O) groups excluding carboxylic acids is 2. The molecular weight excluding hydrogens is 448 g/mol. The fourth-order valence-electron chi connectivity index (χ4n) is 3.69. The second kappa shape index (κ2) is 10.5. The van der Waals surface area contributed by atoms with E-state index in [1.54, 1.807) is 19.1 Å². The summed E-state index contributed by atoms with van der Waals surface area (Å²) in [6.45, 7) is 8.14. The van der Waals surface area contributed by atoms with Crippen LogP contribution in [-0.2, 0) is 4.79 Å². The van der Waals surface area contributed by atoms with Crippen LogP contribution >= 0.6 is 11.6 Å². The molecular formula is C23H27ClN4O5. The van der Waals surface area contributed by atoms with Crippen molar-refractivity contribution in [2.45, 2.75) is 20.8 Å². The Morgan fingerprint density at radius 3 is 2.45 bits per heavy atom. The molecule has 10 heteroatoms. The van der Waals surface area contributed by atoms with Gasteiger partial charge < -0.3 is 19.9 Å². The maximum Gasteiger partial charge on any atom is 0.311 e. The number of anilines is 2. The number of nitro groups is 1. The third-order valence-corrected chi connectivity index (χ3v) is 5.59. The summed E-state index contributed by atoms with van der Waals surface area (Å²) in [5.74, 6) is -0.328. The van der Waals surface area contributed by atoms with Gasteiger partial charge in [0.05, 0.1) is 22.9 Å². The first-order valence-electron chi connectivity index (χ1n) is 10.8. The van der Waals surface area contributed by atoms with Crippen LogP contribution in [0, 0.1) is 16.0 Å². The number of piperazine rings is 1. The molecule has 2 aromatic carbocycles. The molecule has 1 heterocycles. The minimum absolute atomic E-state index is 0.0555. The van der Waals surface area contributed by atoms with Crippen molar-refractivity contribution >= 4 is 40.5 Å². The van der Waals surface area contributed by atoms with E-state index >= 15 is 0 Å². The van der Waals surface area contributed by atoms with Gasteiger partial charge in [0.25, 0.3) is 5.91 Å². The van der Waals surface area contributed by atoms with Crippen LogP contribution < -0.4 is 15.0 Å². The molecule has 0 saturated carbocycles. The Labute approximate surface area is 197 Å². The third kappa shape index (κ3) is 5.73. The first-order valence-corrected chi connectivity index (χ1v) is 11.1. The van der Waals surface area contributed by atoms with Crippen LogP contribution in [0.2, 0.25) is 5.02 Å². The number of carbonyl (C=O) groups is 2. The predicted octanol–water partition coefficient (Wildman–Crippen LogP) is 4.20. The molecule has 1 saturated heterocycles. The molecule has 2 amide bonds. The van der Waals surface area contributed by atoms with Gasteiger partial charge in [0.15, 0.2) is 5.75 Å². The fraction of sp³-hybridized carbons (Fsp3) is 0.391. The summed E-state index contributed by atoms with van der Waals surface area (Å²) in [6.07, 6.45) is 0. The minimum Gasteiger partial charge on any atom is -0.487 e. The normalized spacial score (nSPS) is 13.7. The van der Waals surface area contributed by atoms with Crippen LogP contribution in [0.5, 0.6) is 5.75 Å². The van der Waals surface area contributed by atoms with Gasteiger partial charge in [-0.2, -0.15) is 0 Å². The maximum atomic E-state index is 12.9. The Hall–Kier alpha value is -3.33. The molecule has 0 aromatic heterocycles. The van der Waals surface area contributed by atoms with Gasteiger partial charge in [0, 0.05) is 48.7 Å². The number of hydrogen-bond acceptors (Lipinski definition) is 6. The van der Waals surface area contributed by atoms with Gasteiger partial charge in [0.1, 0.15) is 0 Å². The Balaban J connectivity index is 1.80. The summed E-state index contributed by atoms with van der Waals surface area (Å²) in [7, 11) is 0. The highest BCUT2D eigenvalue weighted by Crippen LogP contribution is 2.32. The van der Waals surface area contributed by atoms with Crippen LogP contribution in [0.25, 0.3) is 0 Å². The van der Waals surface area contributed by atoms with Gasteiger partial charge in [-0.1, -0.05) is 25.4 Å². The summed E-state index contributed by atoms with van der Waals surface area (Å²) < 4.78 is 5.28. The Morgan fingerprint density at radius 1 is 1.15 bits per heavy atom. The fourth-order valence-corrected chi connectivity index (χ4v) is 3.86. The number of benzene rings is 2. The van der Waals surface area contributed by atoms with E-state index in [1.807, 2.05) is 24.8 Å². The zero-order valence-corrected chi connectivity index (χ0v) is 19.6. The van der Waals surface area contributed by atoms with E-state index in [0.717, 1.165) is 5.69 Å². The summed E-state index contributed by atoms with van der Waals surface area (Å²) in [6, 6.07) is 9.29. The van der Waals surface area contributed by atoms with Crippen molar-refractivity contribution in [1.29, 1.82) is 0 Å². The van der Waals surface area contributed by atoms with E-state index in [1.165, 1.54) is 18.2 Å². The molecule has 1 N–H and O–H groups in total. The topological polar surface area (TPSA) is 105 Å². The summed E-state index contributed by atoms with van der Waals surface area (Å²) in [5.41, 5.74) is 1.11. The molecule has 0 unspecified atom stereocenters. The maximum absolute atomic E-state index is 12.9. The highest BCUT2D eigenvalue weighted by Gasteiger charge is 2.25. The summed E-state index contributed by atoms with van der Waals surface area (Å²) >= 11 is 6.18. The predicted molar refractivity (Wildman–Crippen MR) is 127 cm³/mol. The van der Waals surface area contributed by atoms with E-state index < -0.39 is 10.8 Å². The standard InChI is InChI=1S/C23H27ClN4O5/c1-4-33-21-8-5-16(13-20(21)28(31)32)22(29)25-18-14-17(24)6-7-19(18)26-9-11-27(12-10-26)23(30)15(2)3/h5-8,13-15H,4,9-12H2,1-3H3,(H,25,29). The van der Waals surface area contributed by atoms with Crippen molar-refractivity contribution in [3.63, 3.8) is 0 Å². The highest BCUT2D eigenvalue weighted by molar-refractivity contribution is 6.31. The number of rotatable bonds is 7. The Morgan fingerprint density at radius 2 is 1.85 bits per heavy atom. The molecule has 0 radical (unpaired) electrons. The van der Waals surface area contributed by atoms with E-state index in [0.29, 0.717) is 36.9 Å². The quantitative estimate of drug-likeness (QED) is 0.476. The van der Waals surface area contributed by atoms with Gasteiger partial charge >= 0.3 is 5.69 Å². The lowest BCUT2D eigenvalue weighted by Gasteiger charge is -2.37. The van der Waals surface area contributed by atoms with Crippen LogP contribution in [0.15, 0.2) is 36.4 Å². The van der Waals surface area contributed by atoms with Crippen molar-refractivity contribution in [1.82, 2.24) is 4.90 Å². The number of nitro benzene ring substituents is 1. The first-order chi connectivity index (χ1) is 15.7. The number of halogens is 1. The molecule has 1 fully saturated rings. The van der Waals surface area contributed by atoms with Gasteiger partial charge in [-0.3, -0.25) is 19.7 Å². The number of hydrogen-bond donors (Lipinski definition) is 1. The zero-order valence-electron chi connectivity index (χ0n) is 18.8. The zero-order chi connectivity index (χ0) is 24.1. The van der Waals surface area contributed by atoms with Crippen molar-refractivity contribution in [3.05, 3.63) is 57.1 Å². The van der Waals surface area contributed by atoms with Crippen LogP contribution in [0.3, 0.4) is 0 Å². The van der Waals surface area contributed by atoms with Crippen LogP contribution in [0.1, 0.15) is 31.1 Å². The van der Waals surface area contributed by atoms with Crippen molar-refractivity contribution < 1.29 is 19.2 Å². The lowest BCUT2D eigenvalue weighted by atomic mass is 10.1. The second-order valence-electron chi connectivity index (χ2n) is 7.96. The smallest absolute Gasteiger partial charge is 0.311 e. The molecule has 2 aromatic rings. The van der Waals surface area contributed by atoms with Gasteiger partial charge in [-0.05, 0) is 37.3 Å². The van der Waals surface area contributed by atoms with E-state index in [-0.39, 0.29) is 35.4 Å². The lowest BCUT2D eigenvalue weighted by molar-refractivity contribution is -0.385. The lowest BCUT2D eigenvalue weighted by Crippen LogP contribution is -2.50. The second-order valence-corrected chi connectivity index (χ2v) is 8.39. The monoisotopic (exact) mass is 474 g/mol. The van der Waals surface area contributed by atoms with Gasteiger partial charge in [-0.15, -0.1) is 0 Å². The van der Waals surface area contributed by atoms with E-state index in [2.05, 4.69) is 10.2 Å². The third-order valence-electron chi connectivity index (χ3n) is 5.35.